The number of aromatic carboxylic acids is 1. The van der Waals surface area contributed by atoms with Crippen molar-refractivity contribution in [2.24, 2.45) is 0 Å². The van der Waals surface area contributed by atoms with Crippen LogP contribution in [0.25, 0.3) is 0 Å². The molecule has 0 aliphatic heterocycles. The second kappa shape index (κ2) is 3.82. The molecule has 0 aliphatic carbocycles. The van der Waals surface area contributed by atoms with Crippen LogP contribution in [0.4, 0.5) is 0 Å². The molecule has 1 rings (SSSR count). The highest BCUT2D eigenvalue weighted by Gasteiger charge is 2.10. The predicted octanol–water partition coefficient (Wildman–Crippen LogP) is -0.377. The third kappa shape index (κ3) is 1.79. The first-order valence-electron chi connectivity index (χ1n) is 3.35. The highest BCUT2D eigenvalue weighted by atomic mass is 16.5. The minimum absolute atomic E-state index is 0.0629. The van der Waals surface area contributed by atoms with Gasteiger partial charge in [-0.3, -0.25) is 0 Å². The summed E-state index contributed by atoms with van der Waals surface area (Å²) in [7, 11) is 1.55. The quantitative estimate of drug-likeness (QED) is 0.668. The molecule has 1 aromatic rings. The summed E-state index contributed by atoms with van der Waals surface area (Å²) in [5, 5.41) is 15.5. The van der Waals surface area contributed by atoms with Gasteiger partial charge in [0.05, 0.1) is 6.61 Å². The van der Waals surface area contributed by atoms with Crippen LogP contribution in [0, 0.1) is 0 Å². The molecule has 0 saturated carbocycles. The van der Waals surface area contributed by atoms with Crippen molar-refractivity contribution in [3.8, 4) is 0 Å². The molecule has 66 valence electrons. The number of ether oxygens (including phenoxy) is 1. The van der Waals surface area contributed by atoms with Crippen molar-refractivity contribution in [1.82, 2.24) is 14.8 Å². The summed E-state index contributed by atoms with van der Waals surface area (Å²) in [4.78, 5) is 10.5. The number of carboxylic acid groups (broad SMARTS) is 1. The van der Waals surface area contributed by atoms with Crippen molar-refractivity contribution < 1.29 is 14.6 Å². The minimum atomic E-state index is -1.08. The number of nitrogens with zero attached hydrogens (tertiary/aromatic N) is 3. The van der Waals surface area contributed by atoms with Gasteiger partial charge in [0.1, 0.15) is 6.33 Å². The molecule has 0 atom stereocenters. The highest BCUT2D eigenvalue weighted by Crippen LogP contribution is 1.94. The van der Waals surface area contributed by atoms with E-state index in [1.807, 2.05) is 0 Å². The fourth-order valence-electron chi connectivity index (χ4n) is 0.774. The summed E-state index contributed by atoms with van der Waals surface area (Å²) >= 11 is 0. The van der Waals surface area contributed by atoms with Crippen molar-refractivity contribution in [2.75, 3.05) is 13.7 Å². The average molecular weight is 171 g/mol. The Hall–Kier alpha value is -1.43. The van der Waals surface area contributed by atoms with Gasteiger partial charge in [0, 0.05) is 13.7 Å². The zero-order chi connectivity index (χ0) is 8.97. The van der Waals surface area contributed by atoms with Crippen LogP contribution in [0.15, 0.2) is 6.33 Å². The van der Waals surface area contributed by atoms with E-state index in [1.54, 1.807) is 7.11 Å². The highest BCUT2D eigenvalue weighted by molar-refractivity contribution is 5.83. The SMILES string of the molecule is COCCn1cnnc1C(=O)O. The number of rotatable bonds is 4. The maximum atomic E-state index is 10.5. The van der Waals surface area contributed by atoms with Gasteiger partial charge in [-0.25, -0.2) is 4.79 Å². The first kappa shape index (κ1) is 8.66. The Labute approximate surface area is 68.8 Å². The number of carbonyl (C=O) groups is 1. The molecule has 1 heterocycles. The Morgan fingerprint density at radius 2 is 2.58 bits per heavy atom. The Morgan fingerprint density at radius 1 is 1.83 bits per heavy atom. The Bertz CT molecular complexity index is 271. The standard InChI is InChI=1S/C6H9N3O3/c1-12-3-2-9-4-7-8-5(9)6(10)11/h4H,2-3H2,1H3,(H,10,11). The third-order valence-corrected chi connectivity index (χ3v) is 1.34. The van der Waals surface area contributed by atoms with E-state index < -0.39 is 5.97 Å². The van der Waals surface area contributed by atoms with Crippen LogP contribution >= 0.6 is 0 Å². The Kier molecular flexibility index (Phi) is 2.76. The van der Waals surface area contributed by atoms with Crippen molar-refractivity contribution in [2.45, 2.75) is 6.54 Å². The molecule has 0 radical (unpaired) electrons. The average Bonchev–Trinajstić information content (AvgIpc) is 2.48. The molecule has 0 bridgehead atoms. The van der Waals surface area contributed by atoms with E-state index in [2.05, 4.69) is 10.2 Å². The van der Waals surface area contributed by atoms with Crippen LogP contribution in [0.1, 0.15) is 10.6 Å². The molecule has 0 amide bonds. The summed E-state index contributed by atoms with van der Waals surface area (Å²) in [5.74, 6) is -1.14. The van der Waals surface area contributed by atoms with Gasteiger partial charge in [-0.2, -0.15) is 0 Å². The molecule has 0 unspecified atom stereocenters. The zero-order valence-electron chi connectivity index (χ0n) is 6.60. The van der Waals surface area contributed by atoms with E-state index in [4.69, 9.17) is 9.84 Å². The second-order valence-electron chi connectivity index (χ2n) is 2.15. The number of methoxy groups -OCH3 is 1. The van der Waals surface area contributed by atoms with Crippen LogP contribution in [-0.2, 0) is 11.3 Å². The molecule has 0 saturated heterocycles. The van der Waals surface area contributed by atoms with Crippen LogP contribution < -0.4 is 0 Å². The first-order valence-corrected chi connectivity index (χ1v) is 3.35. The minimum Gasteiger partial charge on any atom is -0.475 e. The lowest BCUT2D eigenvalue weighted by molar-refractivity contribution is 0.0675. The smallest absolute Gasteiger partial charge is 0.374 e. The number of hydrogen-bond donors (Lipinski definition) is 1. The van der Waals surface area contributed by atoms with Crippen LogP contribution in [0.3, 0.4) is 0 Å². The molecule has 0 fully saturated rings. The summed E-state index contributed by atoms with van der Waals surface area (Å²) in [6, 6.07) is 0. The lowest BCUT2D eigenvalue weighted by Gasteiger charge is -2.00. The second-order valence-corrected chi connectivity index (χ2v) is 2.15. The predicted molar refractivity (Wildman–Crippen MR) is 38.9 cm³/mol. The first-order chi connectivity index (χ1) is 5.75. The normalized spacial score (nSPS) is 10.1. The van der Waals surface area contributed by atoms with Gasteiger partial charge in [0.2, 0.25) is 5.82 Å². The van der Waals surface area contributed by atoms with Gasteiger partial charge in [-0.1, -0.05) is 0 Å². The monoisotopic (exact) mass is 171 g/mol. The summed E-state index contributed by atoms with van der Waals surface area (Å²) in [6.07, 6.45) is 1.36. The maximum absolute atomic E-state index is 10.5. The van der Waals surface area contributed by atoms with Gasteiger partial charge < -0.3 is 14.4 Å². The zero-order valence-corrected chi connectivity index (χ0v) is 6.60. The molecule has 1 N–H and O–H groups in total. The Balaban J connectivity index is 2.70. The molecule has 1 aromatic heterocycles. The van der Waals surface area contributed by atoms with E-state index in [0.717, 1.165) is 0 Å². The lowest BCUT2D eigenvalue weighted by atomic mass is 10.5. The van der Waals surface area contributed by atoms with E-state index in [-0.39, 0.29) is 5.82 Å². The van der Waals surface area contributed by atoms with Crippen molar-refractivity contribution >= 4 is 5.97 Å². The molecule has 0 aliphatic rings. The lowest BCUT2D eigenvalue weighted by Crippen LogP contribution is -2.11. The Morgan fingerprint density at radius 3 is 3.17 bits per heavy atom. The molecule has 0 spiro atoms. The molecule has 6 heteroatoms. The van der Waals surface area contributed by atoms with Crippen molar-refractivity contribution in [3.05, 3.63) is 12.2 Å². The van der Waals surface area contributed by atoms with Crippen LogP contribution in [0.2, 0.25) is 0 Å². The number of aromatic nitrogens is 3. The molecular formula is C6H9N3O3. The summed E-state index contributed by atoms with van der Waals surface area (Å²) in [5.41, 5.74) is 0. The summed E-state index contributed by atoms with van der Waals surface area (Å²) < 4.78 is 6.20. The van der Waals surface area contributed by atoms with E-state index in [9.17, 15) is 4.79 Å². The molecular weight excluding hydrogens is 162 g/mol. The fraction of sp³-hybridized carbons (Fsp3) is 0.500. The van der Waals surface area contributed by atoms with E-state index >= 15 is 0 Å². The van der Waals surface area contributed by atoms with E-state index in [0.29, 0.717) is 13.2 Å². The van der Waals surface area contributed by atoms with Gasteiger partial charge in [0.15, 0.2) is 0 Å². The fourth-order valence-corrected chi connectivity index (χ4v) is 0.774. The van der Waals surface area contributed by atoms with E-state index in [1.165, 1.54) is 10.9 Å². The van der Waals surface area contributed by atoms with Gasteiger partial charge in [0.25, 0.3) is 0 Å². The maximum Gasteiger partial charge on any atom is 0.374 e. The molecule has 0 aromatic carbocycles. The summed E-state index contributed by atoms with van der Waals surface area (Å²) in [6.45, 7) is 0.892. The topological polar surface area (TPSA) is 77.2 Å². The third-order valence-electron chi connectivity index (χ3n) is 1.34. The van der Waals surface area contributed by atoms with Crippen molar-refractivity contribution in [1.29, 1.82) is 0 Å². The van der Waals surface area contributed by atoms with Crippen LogP contribution in [-0.4, -0.2) is 39.6 Å². The van der Waals surface area contributed by atoms with Gasteiger partial charge in [-0.05, 0) is 0 Å². The van der Waals surface area contributed by atoms with Crippen molar-refractivity contribution in [3.63, 3.8) is 0 Å². The molecule has 6 nitrogen and oxygen atoms in total. The number of carboxylic acids is 1. The number of hydrogen-bond acceptors (Lipinski definition) is 4. The van der Waals surface area contributed by atoms with Crippen LogP contribution in [0.5, 0.6) is 0 Å². The van der Waals surface area contributed by atoms with Gasteiger partial charge >= 0.3 is 5.97 Å². The largest absolute Gasteiger partial charge is 0.475 e. The van der Waals surface area contributed by atoms with Gasteiger partial charge in [-0.15, -0.1) is 10.2 Å². The molecule has 12 heavy (non-hydrogen) atoms.